The number of carbonyl (C=O) groups excluding carboxylic acids is 2. The third-order valence-corrected chi connectivity index (χ3v) is 6.54. The van der Waals surface area contributed by atoms with Gasteiger partial charge in [-0.15, -0.1) is 0 Å². The van der Waals surface area contributed by atoms with E-state index in [-0.39, 0.29) is 30.0 Å². The lowest BCUT2D eigenvalue weighted by molar-refractivity contribution is -0.136. The number of imidazole rings is 1. The minimum absolute atomic E-state index is 0.0199. The molecular weight excluding hydrogens is 395 g/mol. The molecule has 1 N–H and O–H groups in total. The van der Waals surface area contributed by atoms with Gasteiger partial charge in [-0.3, -0.25) is 9.59 Å². The van der Waals surface area contributed by atoms with Crippen LogP contribution in [0.15, 0.2) is 42.5 Å². The molecule has 2 aliphatic heterocycles. The van der Waals surface area contributed by atoms with E-state index in [9.17, 15) is 14.0 Å². The second-order valence-corrected chi connectivity index (χ2v) is 8.58. The molecule has 0 unspecified atom stereocenters. The van der Waals surface area contributed by atoms with Crippen molar-refractivity contribution in [1.29, 1.82) is 0 Å². The Morgan fingerprint density at radius 1 is 1.16 bits per heavy atom. The number of fused-ring (bicyclic) bond motifs is 1. The van der Waals surface area contributed by atoms with Crippen molar-refractivity contribution in [2.24, 2.45) is 5.92 Å². The number of H-pyrrole nitrogens is 1. The zero-order chi connectivity index (χ0) is 21.5. The number of nitrogens with one attached hydrogen (secondary N) is 1. The van der Waals surface area contributed by atoms with Gasteiger partial charge in [-0.1, -0.05) is 18.2 Å². The van der Waals surface area contributed by atoms with Crippen LogP contribution in [0.5, 0.6) is 0 Å². The van der Waals surface area contributed by atoms with Crippen molar-refractivity contribution >= 4 is 28.5 Å². The summed E-state index contributed by atoms with van der Waals surface area (Å²) < 4.78 is 13.9. The second kappa shape index (κ2) is 7.80. The lowest BCUT2D eigenvalue weighted by Gasteiger charge is -2.32. The first-order valence-corrected chi connectivity index (χ1v) is 10.8. The number of benzene rings is 2. The maximum atomic E-state index is 13.9. The average molecular weight is 420 g/mol. The van der Waals surface area contributed by atoms with Crippen molar-refractivity contribution in [2.45, 2.75) is 32.1 Å². The molecule has 0 aliphatic carbocycles. The number of hydrogen-bond donors (Lipinski definition) is 1. The molecule has 0 radical (unpaired) electrons. The molecule has 5 rings (SSSR count). The number of hydrogen-bond acceptors (Lipinski definition) is 3. The maximum Gasteiger partial charge on any atom is 0.228 e. The predicted octanol–water partition coefficient (Wildman–Crippen LogP) is 3.77. The third kappa shape index (κ3) is 3.69. The first kappa shape index (κ1) is 19.7. The van der Waals surface area contributed by atoms with Crippen LogP contribution in [0.3, 0.4) is 0 Å². The number of rotatable bonds is 3. The first-order valence-electron chi connectivity index (χ1n) is 10.8. The standard InChI is InChI=1S/C24H25FN4O2/c1-15-6-7-18(13-19(15)25)29-14-17(12-22(29)30)24(31)28-10-8-16(9-11-28)23-26-20-4-2-3-5-21(20)27-23/h2-7,13,16-17H,8-12,14H2,1H3,(H,26,27)/t17-/m0/s1. The number of carbonyl (C=O) groups is 2. The van der Waals surface area contributed by atoms with Crippen LogP contribution in [-0.2, 0) is 9.59 Å². The Balaban J connectivity index is 1.22. The minimum Gasteiger partial charge on any atom is -0.342 e. The largest absolute Gasteiger partial charge is 0.342 e. The summed E-state index contributed by atoms with van der Waals surface area (Å²) in [5.74, 6) is 0.461. The van der Waals surface area contributed by atoms with Gasteiger partial charge >= 0.3 is 0 Å². The van der Waals surface area contributed by atoms with E-state index in [1.165, 1.54) is 11.0 Å². The molecule has 0 bridgehead atoms. The Hall–Kier alpha value is -3.22. The molecule has 6 nitrogen and oxygen atoms in total. The molecule has 31 heavy (non-hydrogen) atoms. The highest BCUT2D eigenvalue weighted by atomic mass is 19.1. The molecule has 2 aliphatic rings. The van der Waals surface area contributed by atoms with Crippen LogP contribution in [0.1, 0.15) is 36.6 Å². The molecule has 7 heteroatoms. The summed E-state index contributed by atoms with van der Waals surface area (Å²) in [7, 11) is 0. The van der Waals surface area contributed by atoms with E-state index in [0.29, 0.717) is 36.8 Å². The van der Waals surface area contributed by atoms with E-state index in [4.69, 9.17) is 4.98 Å². The summed E-state index contributed by atoms with van der Waals surface area (Å²) in [4.78, 5) is 37.1. The topological polar surface area (TPSA) is 69.3 Å². The lowest BCUT2D eigenvalue weighted by Crippen LogP contribution is -2.42. The van der Waals surface area contributed by atoms with Gasteiger partial charge in [0.05, 0.1) is 17.0 Å². The van der Waals surface area contributed by atoms with Crippen LogP contribution in [0, 0.1) is 18.7 Å². The molecule has 2 amide bonds. The zero-order valence-electron chi connectivity index (χ0n) is 17.5. The fourth-order valence-corrected chi connectivity index (χ4v) is 4.67. The number of para-hydroxylation sites is 2. The smallest absolute Gasteiger partial charge is 0.228 e. The van der Waals surface area contributed by atoms with E-state index >= 15 is 0 Å². The number of halogens is 1. The molecule has 0 saturated carbocycles. The molecule has 0 spiro atoms. The van der Waals surface area contributed by atoms with Crippen LogP contribution in [-0.4, -0.2) is 46.3 Å². The zero-order valence-corrected chi connectivity index (χ0v) is 17.5. The Kier molecular flexibility index (Phi) is 4.96. The quantitative estimate of drug-likeness (QED) is 0.701. The van der Waals surface area contributed by atoms with Gasteiger partial charge in [0.25, 0.3) is 0 Å². The molecule has 160 valence electrons. The number of aromatic amines is 1. The Bertz CT molecular complexity index is 1120. The fourth-order valence-electron chi connectivity index (χ4n) is 4.67. The maximum absolute atomic E-state index is 13.9. The number of amides is 2. The van der Waals surface area contributed by atoms with Crippen LogP contribution in [0.4, 0.5) is 10.1 Å². The van der Waals surface area contributed by atoms with E-state index in [2.05, 4.69) is 4.98 Å². The van der Waals surface area contributed by atoms with Crippen molar-refractivity contribution in [3.63, 3.8) is 0 Å². The summed E-state index contributed by atoms with van der Waals surface area (Å²) in [6.07, 6.45) is 1.87. The van der Waals surface area contributed by atoms with Gasteiger partial charge in [-0.05, 0) is 49.6 Å². The summed E-state index contributed by atoms with van der Waals surface area (Å²) >= 11 is 0. The van der Waals surface area contributed by atoms with Gasteiger partial charge in [0.15, 0.2) is 0 Å². The summed E-state index contributed by atoms with van der Waals surface area (Å²) in [5, 5.41) is 0. The van der Waals surface area contributed by atoms with Gasteiger partial charge in [-0.2, -0.15) is 0 Å². The van der Waals surface area contributed by atoms with Crippen molar-refractivity contribution < 1.29 is 14.0 Å². The molecule has 2 saturated heterocycles. The number of aromatic nitrogens is 2. The third-order valence-electron chi connectivity index (χ3n) is 6.54. The monoisotopic (exact) mass is 420 g/mol. The number of likely N-dealkylation sites (tertiary alicyclic amines) is 1. The number of aryl methyl sites for hydroxylation is 1. The highest BCUT2D eigenvalue weighted by molar-refractivity contribution is 6.00. The summed E-state index contributed by atoms with van der Waals surface area (Å²) in [5.41, 5.74) is 3.06. The van der Waals surface area contributed by atoms with Gasteiger partial charge < -0.3 is 14.8 Å². The molecule has 3 aromatic rings. The molecular formula is C24H25FN4O2. The van der Waals surface area contributed by atoms with Crippen LogP contribution >= 0.6 is 0 Å². The van der Waals surface area contributed by atoms with Gasteiger partial charge in [0.1, 0.15) is 11.6 Å². The number of piperidine rings is 1. The number of anilines is 1. The highest BCUT2D eigenvalue weighted by Gasteiger charge is 2.38. The van der Waals surface area contributed by atoms with Crippen LogP contribution in [0.25, 0.3) is 11.0 Å². The van der Waals surface area contributed by atoms with E-state index < -0.39 is 0 Å². The van der Waals surface area contributed by atoms with Crippen molar-refractivity contribution in [1.82, 2.24) is 14.9 Å². The van der Waals surface area contributed by atoms with Gasteiger partial charge in [0.2, 0.25) is 11.8 Å². The molecule has 2 aromatic carbocycles. The van der Waals surface area contributed by atoms with Crippen molar-refractivity contribution in [3.05, 3.63) is 59.7 Å². The summed E-state index contributed by atoms with van der Waals surface area (Å²) in [6, 6.07) is 12.8. The molecule has 3 heterocycles. The Morgan fingerprint density at radius 2 is 1.94 bits per heavy atom. The molecule has 2 fully saturated rings. The average Bonchev–Trinajstić information content (AvgIpc) is 3.39. The predicted molar refractivity (Wildman–Crippen MR) is 116 cm³/mol. The normalized spacial score (nSPS) is 20.1. The number of nitrogens with zero attached hydrogens (tertiary/aromatic N) is 3. The van der Waals surface area contributed by atoms with E-state index in [1.807, 2.05) is 29.2 Å². The van der Waals surface area contributed by atoms with Gasteiger partial charge in [0, 0.05) is 37.7 Å². The first-order chi connectivity index (χ1) is 15.0. The van der Waals surface area contributed by atoms with E-state index in [0.717, 1.165) is 29.7 Å². The molecule has 1 atom stereocenters. The SMILES string of the molecule is Cc1ccc(N2C[C@@H](C(=O)N3CCC(c4nc5ccccc5[nH]4)CC3)CC2=O)cc1F. The highest BCUT2D eigenvalue weighted by Crippen LogP contribution is 2.31. The Labute approximate surface area is 180 Å². The lowest BCUT2D eigenvalue weighted by atomic mass is 9.95. The minimum atomic E-state index is -0.375. The Morgan fingerprint density at radius 3 is 2.68 bits per heavy atom. The van der Waals surface area contributed by atoms with Crippen molar-refractivity contribution in [3.8, 4) is 0 Å². The van der Waals surface area contributed by atoms with Crippen molar-refractivity contribution in [2.75, 3.05) is 24.5 Å². The van der Waals surface area contributed by atoms with Gasteiger partial charge in [-0.25, -0.2) is 9.37 Å². The second-order valence-electron chi connectivity index (χ2n) is 8.58. The molecule has 1 aromatic heterocycles. The van der Waals surface area contributed by atoms with Crippen LogP contribution in [0.2, 0.25) is 0 Å². The fraction of sp³-hybridized carbons (Fsp3) is 0.375. The summed E-state index contributed by atoms with van der Waals surface area (Å²) in [6.45, 7) is 3.31. The van der Waals surface area contributed by atoms with Crippen LogP contribution < -0.4 is 4.90 Å². The van der Waals surface area contributed by atoms with E-state index in [1.54, 1.807) is 19.1 Å².